The predicted molar refractivity (Wildman–Crippen MR) is 226 cm³/mol. The van der Waals surface area contributed by atoms with E-state index < -0.39 is 13.3 Å². The number of halogens is 3. The number of nitrogens with zero attached hydrogens (tertiary/aromatic N) is 5. The number of H-pyrrole nitrogens is 1. The molecule has 300 valence electrons. The number of hydrogen-bond donors (Lipinski definition) is 3. The summed E-state index contributed by atoms with van der Waals surface area (Å²) >= 11 is 7.06. The van der Waals surface area contributed by atoms with Crippen molar-refractivity contribution in [3.63, 3.8) is 0 Å². The van der Waals surface area contributed by atoms with Crippen molar-refractivity contribution in [2.75, 3.05) is 19.0 Å². The lowest BCUT2D eigenvalue weighted by Gasteiger charge is -2.14. The minimum atomic E-state index is -2.77. The largest absolute Gasteiger partial charge is 0.677 e. The number of aromatic nitrogens is 5. The number of amides is 2. The molecule has 2 aromatic carbocycles. The number of hydrogen-bond acceptors (Lipinski definition) is 9. The van der Waals surface area contributed by atoms with E-state index in [9.17, 15) is 18.2 Å². The van der Waals surface area contributed by atoms with Gasteiger partial charge in [-0.2, -0.15) is 0 Å². The molecule has 0 unspecified atom stereocenters. The molecule has 0 saturated heterocycles. The maximum absolute atomic E-state index is 14.2. The van der Waals surface area contributed by atoms with Crippen LogP contribution in [-0.2, 0) is 24.2 Å². The van der Waals surface area contributed by atoms with Gasteiger partial charge in [0.2, 0.25) is 11.0 Å². The average molecular weight is 835 g/mol. The Hall–Kier alpha value is -6.39. The van der Waals surface area contributed by atoms with Crippen LogP contribution in [0, 0.1) is 0 Å². The number of methoxy groups -OCH3 is 1. The molecule has 0 fully saturated rings. The SMILES string of the molecule is COc1ccccc1-c1cc(CCCCNC(=O)CCc2ccc(/C=C3/C=CC(c4ccc[nH]4)=N3)n2B(F)F)ncc1C(=O)Nc1nnc(OCc2ccc(Cl)cc2)s1. The summed E-state index contributed by atoms with van der Waals surface area (Å²) in [6.07, 6.45) is 10.7. The number of aromatic amines is 1. The fourth-order valence-electron chi connectivity index (χ4n) is 6.42. The van der Waals surface area contributed by atoms with Gasteiger partial charge in [-0.25, -0.2) is 4.99 Å². The van der Waals surface area contributed by atoms with Gasteiger partial charge in [0, 0.05) is 58.6 Å². The third-order valence-electron chi connectivity index (χ3n) is 9.36. The van der Waals surface area contributed by atoms with Crippen LogP contribution in [-0.4, -0.2) is 63.2 Å². The molecule has 7 rings (SSSR count). The smallest absolute Gasteiger partial charge is 0.496 e. The summed E-state index contributed by atoms with van der Waals surface area (Å²) in [6, 6.07) is 23.5. The summed E-state index contributed by atoms with van der Waals surface area (Å²) < 4.78 is 40.6. The molecule has 59 heavy (non-hydrogen) atoms. The van der Waals surface area contributed by atoms with Gasteiger partial charge >= 0.3 is 7.40 Å². The normalized spacial score (nSPS) is 12.7. The fourth-order valence-corrected chi connectivity index (χ4v) is 7.14. The molecule has 0 atom stereocenters. The molecule has 0 aliphatic carbocycles. The number of pyridine rings is 1. The Balaban J connectivity index is 0.918. The van der Waals surface area contributed by atoms with Crippen LogP contribution in [0.2, 0.25) is 5.02 Å². The zero-order chi connectivity index (χ0) is 41.1. The van der Waals surface area contributed by atoms with Gasteiger partial charge in [0.25, 0.3) is 11.1 Å². The second kappa shape index (κ2) is 19.4. The summed E-state index contributed by atoms with van der Waals surface area (Å²) in [6.45, 7) is 0.673. The summed E-state index contributed by atoms with van der Waals surface area (Å²) in [7, 11) is -1.21. The monoisotopic (exact) mass is 834 g/mol. The fraction of sp³-hybridized carbons (Fsp3) is 0.190. The molecular formula is C42H38BClF2N8O4S. The number of carbonyl (C=O) groups excluding carboxylic acids is 2. The van der Waals surface area contributed by atoms with Crippen molar-refractivity contribution in [1.29, 1.82) is 0 Å². The van der Waals surface area contributed by atoms with E-state index in [4.69, 9.17) is 21.1 Å². The van der Waals surface area contributed by atoms with Crippen molar-refractivity contribution < 1.29 is 27.7 Å². The van der Waals surface area contributed by atoms with Gasteiger partial charge in [0.05, 0.1) is 29.8 Å². The first-order valence-electron chi connectivity index (χ1n) is 18.8. The molecule has 0 radical (unpaired) electrons. The van der Waals surface area contributed by atoms with Crippen molar-refractivity contribution in [2.24, 2.45) is 4.99 Å². The third kappa shape index (κ3) is 10.6. The zero-order valence-corrected chi connectivity index (χ0v) is 33.4. The Morgan fingerprint density at radius 3 is 2.63 bits per heavy atom. The summed E-state index contributed by atoms with van der Waals surface area (Å²) in [5, 5.41) is 15.0. The molecule has 17 heteroatoms. The number of anilines is 1. The highest BCUT2D eigenvalue weighted by Gasteiger charge is 2.24. The minimum Gasteiger partial charge on any atom is -0.496 e. The van der Waals surface area contributed by atoms with E-state index in [1.165, 1.54) is 6.20 Å². The first-order chi connectivity index (χ1) is 28.7. The Morgan fingerprint density at radius 2 is 1.83 bits per heavy atom. The molecule has 12 nitrogen and oxygen atoms in total. The predicted octanol–water partition coefficient (Wildman–Crippen LogP) is 8.47. The highest BCUT2D eigenvalue weighted by molar-refractivity contribution is 7.17. The molecule has 0 spiro atoms. The Morgan fingerprint density at radius 1 is 0.983 bits per heavy atom. The highest BCUT2D eigenvalue weighted by Crippen LogP contribution is 2.34. The number of allylic oxidation sites excluding steroid dienone is 2. The van der Waals surface area contributed by atoms with E-state index in [0.29, 0.717) is 75.5 Å². The molecule has 2 amide bonds. The van der Waals surface area contributed by atoms with Crippen molar-refractivity contribution >= 4 is 59.1 Å². The summed E-state index contributed by atoms with van der Waals surface area (Å²) in [5.41, 5.74) is 6.11. The van der Waals surface area contributed by atoms with Gasteiger partial charge in [-0.15, -0.1) is 5.10 Å². The van der Waals surface area contributed by atoms with Crippen LogP contribution in [0.15, 0.2) is 114 Å². The van der Waals surface area contributed by atoms with Gasteiger partial charge in [-0.1, -0.05) is 47.0 Å². The van der Waals surface area contributed by atoms with Crippen molar-refractivity contribution in [1.82, 2.24) is 30.0 Å². The lowest BCUT2D eigenvalue weighted by atomic mass is 9.98. The first-order valence-corrected chi connectivity index (χ1v) is 19.9. The maximum atomic E-state index is 14.2. The van der Waals surface area contributed by atoms with Crippen molar-refractivity contribution in [3.8, 4) is 22.1 Å². The van der Waals surface area contributed by atoms with Crippen molar-refractivity contribution in [2.45, 2.75) is 38.7 Å². The molecule has 6 aromatic rings. The number of rotatable bonds is 18. The van der Waals surface area contributed by atoms with E-state index in [2.05, 4.69) is 35.8 Å². The summed E-state index contributed by atoms with van der Waals surface area (Å²) in [4.78, 5) is 38.5. The van der Waals surface area contributed by atoms with Crippen LogP contribution in [0.5, 0.6) is 10.9 Å². The van der Waals surface area contributed by atoms with Gasteiger partial charge in [-0.3, -0.25) is 28.5 Å². The number of benzene rings is 2. The maximum Gasteiger partial charge on any atom is 0.677 e. The van der Waals surface area contributed by atoms with Gasteiger partial charge in [-0.05, 0) is 109 Å². The van der Waals surface area contributed by atoms with Crippen molar-refractivity contribution in [3.05, 3.63) is 148 Å². The van der Waals surface area contributed by atoms with E-state index in [-0.39, 0.29) is 30.5 Å². The van der Waals surface area contributed by atoms with Crippen LogP contribution < -0.4 is 20.1 Å². The standard InChI is InChI=1S/C42H38BClF2N8O4S/c1-57-38-10-3-2-8-33(38)34-24-29(49-25-35(34)40(56)51-41-52-53-42(59-41)58-26-27-11-13-28(44)14-12-27)7-4-5-21-48-39(55)20-18-31-16-17-32(54(31)43(45)46)23-30-15-19-37(50-30)36-9-6-22-47-36/h2-3,6,8-17,19,22-25,47H,4-5,7,18,20-21,26H2,1H3,(H,48,55)(H,51,52,56)/b30-23-. The molecule has 1 aliphatic rings. The second-order valence-electron chi connectivity index (χ2n) is 13.4. The van der Waals surface area contributed by atoms with Crippen LogP contribution >= 0.6 is 22.9 Å². The second-order valence-corrected chi connectivity index (χ2v) is 14.7. The van der Waals surface area contributed by atoms with Gasteiger partial charge in [0.1, 0.15) is 12.4 Å². The minimum absolute atomic E-state index is 0.0594. The molecule has 5 heterocycles. The average Bonchev–Trinajstić information content (AvgIpc) is 4.09. The van der Waals surface area contributed by atoms with E-state index >= 15 is 0 Å². The van der Waals surface area contributed by atoms with Crippen LogP contribution in [0.4, 0.5) is 13.8 Å². The number of aliphatic imine (C=N–C) groups is 1. The van der Waals surface area contributed by atoms with Gasteiger partial charge in [0.15, 0.2) is 0 Å². The number of ether oxygens (including phenoxy) is 2. The lowest BCUT2D eigenvalue weighted by molar-refractivity contribution is -0.121. The Labute approximate surface area is 348 Å². The first kappa shape index (κ1) is 40.8. The number of nitrogens with one attached hydrogen (secondary N) is 3. The number of carbonyl (C=O) groups is 2. The Bertz CT molecular complexity index is 2500. The van der Waals surface area contributed by atoms with E-state index in [0.717, 1.165) is 38.5 Å². The number of aryl methyl sites for hydroxylation is 2. The van der Waals surface area contributed by atoms with Crippen LogP contribution in [0.25, 0.3) is 17.2 Å². The highest BCUT2D eigenvalue weighted by atomic mass is 35.5. The zero-order valence-electron chi connectivity index (χ0n) is 31.8. The van der Waals surface area contributed by atoms with Crippen LogP contribution in [0.3, 0.4) is 0 Å². The van der Waals surface area contributed by atoms with Gasteiger partial charge < -0.3 is 24.3 Å². The quantitative estimate of drug-likeness (QED) is 0.0581. The molecule has 4 aromatic heterocycles. The summed E-state index contributed by atoms with van der Waals surface area (Å²) in [5.74, 6) is -0.0657. The number of unbranched alkanes of at least 4 members (excludes halogenated alkanes) is 1. The third-order valence-corrected chi connectivity index (χ3v) is 10.4. The van der Waals surface area contributed by atoms with Crippen LogP contribution in [0.1, 0.15) is 58.0 Å². The molecule has 0 bridgehead atoms. The Kier molecular flexibility index (Phi) is 13.4. The van der Waals surface area contributed by atoms with E-state index in [1.54, 1.807) is 49.7 Å². The number of para-hydroxylation sites is 1. The topological polar surface area (TPSA) is 148 Å². The molecular weight excluding hydrogens is 797 g/mol. The lowest BCUT2D eigenvalue weighted by Crippen LogP contribution is -2.25. The molecule has 1 aliphatic heterocycles. The molecule has 3 N–H and O–H groups in total. The molecule has 0 saturated carbocycles. The van der Waals surface area contributed by atoms with E-state index in [1.807, 2.05) is 60.7 Å².